The maximum Gasteiger partial charge on any atom is 0.335 e. The van der Waals surface area contributed by atoms with Gasteiger partial charge in [0.15, 0.2) is 0 Å². The van der Waals surface area contributed by atoms with E-state index in [4.69, 9.17) is 5.11 Å². The van der Waals surface area contributed by atoms with Crippen molar-refractivity contribution in [1.29, 1.82) is 0 Å². The molecule has 0 atom stereocenters. The van der Waals surface area contributed by atoms with Crippen LogP contribution in [0.2, 0.25) is 0 Å². The molecule has 1 aromatic rings. The molecule has 2 nitrogen and oxygen atoms in total. The van der Waals surface area contributed by atoms with Gasteiger partial charge < -0.3 is 5.11 Å². The van der Waals surface area contributed by atoms with Gasteiger partial charge in [0.2, 0.25) is 0 Å². The smallest absolute Gasteiger partial charge is 0.335 e. The van der Waals surface area contributed by atoms with Crippen molar-refractivity contribution in [2.24, 2.45) is 0 Å². The number of carboxylic acid groups (broad SMARTS) is 1. The summed E-state index contributed by atoms with van der Waals surface area (Å²) in [7, 11) is 0. The third kappa shape index (κ3) is 2.98. The third-order valence-electron chi connectivity index (χ3n) is 1.30. The molecular weight excluding hydrogens is 219 g/mol. The largest absolute Gasteiger partial charge is 0.478 e. The molecule has 0 aliphatic heterocycles. The van der Waals surface area contributed by atoms with Gasteiger partial charge in [-0.05, 0) is 19.1 Å². The molecule has 0 heterocycles. The van der Waals surface area contributed by atoms with E-state index in [1.54, 1.807) is 24.3 Å². The molecule has 0 bridgehead atoms. The Kier molecular flexibility index (Phi) is 4.28. The fourth-order valence-corrected chi connectivity index (χ4v) is 0.696. The van der Waals surface area contributed by atoms with E-state index >= 15 is 0 Å². The summed E-state index contributed by atoms with van der Waals surface area (Å²) in [5.41, 5.74) is 1.41. The van der Waals surface area contributed by atoms with E-state index in [0.29, 0.717) is 5.56 Å². The molecule has 0 saturated carbocycles. The molecule has 0 spiro atoms. The van der Waals surface area contributed by atoms with Gasteiger partial charge in [0.05, 0.1) is 5.56 Å². The first kappa shape index (κ1) is 10.6. The Hall–Kier alpha value is -0.427. The van der Waals surface area contributed by atoms with Crippen molar-refractivity contribution in [3.63, 3.8) is 0 Å². The summed E-state index contributed by atoms with van der Waals surface area (Å²) in [6, 6.07) is 6.75. The summed E-state index contributed by atoms with van der Waals surface area (Å²) < 4.78 is 0. The zero-order valence-electron chi connectivity index (χ0n) is 6.16. The van der Waals surface area contributed by atoms with Crippen LogP contribution in [-0.4, -0.2) is 11.1 Å². The minimum atomic E-state index is -0.875. The molecule has 0 aromatic heterocycles. The fourth-order valence-electron chi connectivity index (χ4n) is 0.696. The normalized spacial score (nSPS) is 8.45. The number of aromatic carboxylic acids is 1. The minimum Gasteiger partial charge on any atom is -0.478 e. The number of hydrogen-bond donors (Lipinski definition) is 1. The molecule has 1 aromatic carbocycles. The maximum atomic E-state index is 10.3. The van der Waals surface area contributed by atoms with Gasteiger partial charge in [-0.2, -0.15) is 0 Å². The molecule has 11 heavy (non-hydrogen) atoms. The Bertz CT molecular complexity index is 241. The van der Waals surface area contributed by atoms with Crippen LogP contribution in [0.5, 0.6) is 0 Å². The van der Waals surface area contributed by atoms with Crippen LogP contribution in [0.3, 0.4) is 0 Å². The van der Waals surface area contributed by atoms with Gasteiger partial charge >= 0.3 is 5.97 Å². The molecule has 0 radical (unpaired) electrons. The number of carboxylic acids is 1. The molecule has 0 amide bonds. The van der Waals surface area contributed by atoms with Gasteiger partial charge in [-0.15, -0.1) is 0 Å². The van der Waals surface area contributed by atoms with Crippen LogP contribution in [0.1, 0.15) is 15.9 Å². The molecule has 0 aliphatic rings. The maximum absolute atomic E-state index is 10.3. The van der Waals surface area contributed by atoms with E-state index in [9.17, 15) is 4.79 Å². The third-order valence-corrected chi connectivity index (χ3v) is 1.30. The average molecular weight is 227 g/mol. The topological polar surface area (TPSA) is 37.3 Å². The summed E-state index contributed by atoms with van der Waals surface area (Å²) in [5, 5.41) is 8.48. The molecule has 56 valence electrons. The second-order valence-corrected chi connectivity index (χ2v) is 2.17. The van der Waals surface area contributed by atoms with E-state index in [1.165, 1.54) is 0 Å². The number of hydrogen-bond acceptors (Lipinski definition) is 1. The molecule has 3 heteroatoms. The SMILES string of the molecule is Cc1ccc(C(=O)O)cc1.[Zr]. The van der Waals surface area contributed by atoms with E-state index in [2.05, 4.69) is 0 Å². The average Bonchev–Trinajstić information content (AvgIpc) is 1.88. The zero-order valence-corrected chi connectivity index (χ0v) is 8.62. The van der Waals surface area contributed by atoms with Crippen LogP contribution in [-0.2, 0) is 26.2 Å². The first-order valence-electron chi connectivity index (χ1n) is 3.00. The molecule has 0 fully saturated rings. The predicted octanol–water partition coefficient (Wildman–Crippen LogP) is 1.69. The molecule has 0 aliphatic carbocycles. The molecule has 1 rings (SSSR count). The van der Waals surface area contributed by atoms with Crippen LogP contribution < -0.4 is 0 Å². The van der Waals surface area contributed by atoms with E-state index < -0.39 is 5.97 Å². The number of rotatable bonds is 1. The van der Waals surface area contributed by atoms with Gasteiger partial charge in [0.1, 0.15) is 0 Å². The summed E-state index contributed by atoms with van der Waals surface area (Å²) in [4.78, 5) is 10.3. The summed E-state index contributed by atoms with van der Waals surface area (Å²) in [5.74, 6) is -0.875. The fraction of sp³-hybridized carbons (Fsp3) is 0.125. The van der Waals surface area contributed by atoms with E-state index in [0.717, 1.165) is 5.56 Å². The standard InChI is InChI=1S/C8H8O2.Zr/c1-6-2-4-7(5-3-6)8(9)10;/h2-5H,1H3,(H,9,10);. The second-order valence-electron chi connectivity index (χ2n) is 2.17. The Morgan fingerprint density at radius 1 is 1.27 bits per heavy atom. The Morgan fingerprint density at radius 2 is 1.73 bits per heavy atom. The summed E-state index contributed by atoms with van der Waals surface area (Å²) >= 11 is 0. The van der Waals surface area contributed by atoms with Crippen LogP contribution >= 0.6 is 0 Å². The Morgan fingerprint density at radius 3 is 2.09 bits per heavy atom. The molecule has 0 saturated heterocycles. The number of benzene rings is 1. The van der Waals surface area contributed by atoms with Crippen molar-refractivity contribution in [3.8, 4) is 0 Å². The Labute approximate surface area is 84.4 Å². The number of aryl methyl sites for hydroxylation is 1. The van der Waals surface area contributed by atoms with E-state index in [-0.39, 0.29) is 26.2 Å². The van der Waals surface area contributed by atoms with Crippen molar-refractivity contribution in [2.75, 3.05) is 0 Å². The van der Waals surface area contributed by atoms with Gasteiger partial charge in [0, 0.05) is 26.2 Å². The van der Waals surface area contributed by atoms with Crippen molar-refractivity contribution < 1.29 is 36.1 Å². The Balaban J connectivity index is 0.000001000. The van der Waals surface area contributed by atoms with Crippen molar-refractivity contribution >= 4 is 5.97 Å². The van der Waals surface area contributed by atoms with Crippen LogP contribution in [0.15, 0.2) is 24.3 Å². The molecule has 1 N–H and O–H groups in total. The first-order chi connectivity index (χ1) is 4.70. The minimum absolute atomic E-state index is 0. The number of carbonyl (C=O) groups is 1. The predicted molar refractivity (Wildman–Crippen MR) is 38.1 cm³/mol. The molecule has 0 unspecified atom stereocenters. The van der Waals surface area contributed by atoms with E-state index in [1.807, 2.05) is 6.92 Å². The van der Waals surface area contributed by atoms with Crippen molar-refractivity contribution in [1.82, 2.24) is 0 Å². The van der Waals surface area contributed by atoms with Gasteiger partial charge in [-0.1, -0.05) is 17.7 Å². The monoisotopic (exact) mass is 226 g/mol. The second kappa shape index (κ2) is 4.45. The van der Waals surface area contributed by atoms with Crippen LogP contribution in [0, 0.1) is 6.92 Å². The summed E-state index contributed by atoms with van der Waals surface area (Å²) in [6.45, 7) is 1.92. The van der Waals surface area contributed by atoms with Gasteiger partial charge in [-0.3, -0.25) is 0 Å². The molecular formula is C8H8O2Zr. The quantitative estimate of drug-likeness (QED) is 0.793. The van der Waals surface area contributed by atoms with Crippen LogP contribution in [0.4, 0.5) is 0 Å². The zero-order chi connectivity index (χ0) is 7.56. The summed E-state index contributed by atoms with van der Waals surface area (Å²) in [6.07, 6.45) is 0. The van der Waals surface area contributed by atoms with Gasteiger partial charge in [0.25, 0.3) is 0 Å². The van der Waals surface area contributed by atoms with Crippen molar-refractivity contribution in [3.05, 3.63) is 35.4 Å². The first-order valence-corrected chi connectivity index (χ1v) is 3.00. The van der Waals surface area contributed by atoms with Gasteiger partial charge in [-0.25, -0.2) is 4.79 Å². The van der Waals surface area contributed by atoms with Crippen molar-refractivity contribution in [2.45, 2.75) is 6.92 Å². The van der Waals surface area contributed by atoms with Crippen LogP contribution in [0.25, 0.3) is 0 Å².